The van der Waals surface area contributed by atoms with E-state index >= 15 is 0 Å². The van der Waals surface area contributed by atoms with Crippen LogP contribution in [0, 0.1) is 27.7 Å². The molecule has 1 N–H and O–H groups in total. The number of rotatable bonds is 3. The Morgan fingerprint density at radius 3 is 2.59 bits per heavy atom. The molecule has 2 heterocycles. The number of aromatic nitrogens is 2. The van der Waals surface area contributed by atoms with Crippen LogP contribution >= 0.6 is 11.3 Å². The minimum atomic E-state index is -0.331. The molecule has 27 heavy (non-hydrogen) atoms. The van der Waals surface area contributed by atoms with Crippen molar-refractivity contribution in [1.29, 1.82) is 0 Å². The molecule has 6 heteroatoms. The standard InChI is InChI=1S/C21H19N3O2S/c1-11-7-14(4)19-18(8-11)27-21(22-19)23-20(25)16-10-17(26-24-16)15-6-5-12(2)13(3)9-15/h5-10H,1-4H3,(H,22,23,25). The second kappa shape index (κ2) is 6.63. The highest BCUT2D eigenvalue weighted by Gasteiger charge is 2.16. The fourth-order valence-electron chi connectivity index (χ4n) is 3.00. The highest BCUT2D eigenvalue weighted by Crippen LogP contribution is 2.30. The number of benzene rings is 2. The average molecular weight is 377 g/mol. The Morgan fingerprint density at radius 1 is 1.00 bits per heavy atom. The maximum Gasteiger partial charge on any atom is 0.279 e. The van der Waals surface area contributed by atoms with Crippen LogP contribution in [0.25, 0.3) is 21.5 Å². The van der Waals surface area contributed by atoms with Crippen LogP contribution in [-0.2, 0) is 0 Å². The van der Waals surface area contributed by atoms with Gasteiger partial charge in [0.25, 0.3) is 5.91 Å². The zero-order valence-electron chi connectivity index (χ0n) is 15.6. The Bertz CT molecular complexity index is 1170. The molecule has 0 bridgehead atoms. The third-order valence-electron chi connectivity index (χ3n) is 4.58. The molecule has 136 valence electrons. The predicted octanol–water partition coefficient (Wildman–Crippen LogP) is 5.44. The summed E-state index contributed by atoms with van der Waals surface area (Å²) in [5, 5.41) is 7.30. The van der Waals surface area contributed by atoms with Crippen LogP contribution in [0.3, 0.4) is 0 Å². The van der Waals surface area contributed by atoms with Crippen LogP contribution in [-0.4, -0.2) is 16.0 Å². The average Bonchev–Trinajstić information content (AvgIpc) is 3.24. The van der Waals surface area contributed by atoms with E-state index < -0.39 is 0 Å². The molecule has 0 spiro atoms. The van der Waals surface area contributed by atoms with Gasteiger partial charge in [0.15, 0.2) is 16.6 Å². The van der Waals surface area contributed by atoms with Crippen molar-refractivity contribution in [2.45, 2.75) is 27.7 Å². The summed E-state index contributed by atoms with van der Waals surface area (Å²) in [6, 6.07) is 11.8. The van der Waals surface area contributed by atoms with Gasteiger partial charge in [0, 0.05) is 11.6 Å². The van der Waals surface area contributed by atoms with Gasteiger partial charge < -0.3 is 4.52 Å². The topological polar surface area (TPSA) is 68.0 Å². The molecule has 0 saturated heterocycles. The van der Waals surface area contributed by atoms with Crippen molar-refractivity contribution in [1.82, 2.24) is 10.1 Å². The van der Waals surface area contributed by atoms with Gasteiger partial charge in [-0.2, -0.15) is 0 Å². The molecule has 0 atom stereocenters. The number of hydrogen-bond donors (Lipinski definition) is 1. The first-order valence-electron chi connectivity index (χ1n) is 8.64. The molecule has 0 radical (unpaired) electrons. The number of nitrogens with one attached hydrogen (secondary N) is 1. The van der Waals surface area contributed by atoms with E-state index in [4.69, 9.17) is 4.52 Å². The molecule has 0 aliphatic carbocycles. The predicted molar refractivity (Wildman–Crippen MR) is 108 cm³/mol. The van der Waals surface area contributed by atoms with Gasteiger partial charge in [-0.05, 0) is 62.1 Å². The van der Waals surface area contributed by atoms with E-state index in [0.717, 1.165) is 26.9 Å². The highest BCUT2D eigenvalue weighted by molar-refractivity contribution is 7.22. The van der Waals surface area contributed by atoms with Crippen molar-refractivity contribution in [3.63, 3.8) is 0 Å². The van der Waals surface area contributed by atoms with Crippen molar-refractivity contribution >= 4 is 32.6 Å². The van der Waals surface area contributed by atoms with Crippen molar-refractivity contribution < 1.29 is 9.32 Å². The van der Waals surface area contributed by atoms with Gasteiger partial charge in [-0.25, -0.2) is 4.98 Å². The van der Waals surface area contributed by atoms with Gasteiger partial charge in [0.1, 0.15) is 0 Å². The first kappa shape index (κ1) is 17.4. The van der Waals surface area contributed by atoms with Gasteiger partial charge in [-0.1, -0.05) is 34.7 Å². The zero-order chi connectivity index (χ0) is 19.1. The van der Waals surface area contributed by atoms with E-state index in [1.54, 1.807) is 6.07 Å². The molecule has 4 rings (SSSR count). The van der Waals surface area contributed by atoms with Gasteiger partial charge in [0.05, 0.1) is 10.2 Å². The van der Waals surface area contributed by atoms with Crippen LogP contribution in [0.5, 0.6) is 0 Å². The SMILES string of the molecule is Cc1cc(C)c2nc(NC(=O)c3cc(-c4ccc(C)c(C)c4)on3)sc2c1. The minimum absolute atomic E-state index is 0.232. The van der Waals surface area contributed by atoms with Crippen LogP contribution in [0.2, 0.25) is 0 Å². The highest BCUT2D eigenvalue weighted by atomic mass is 32.1. The Hall–Kier alpha value is -2.99. The van der Waals surface area contributed by atoms with E-state index in [1.165, 1.54) is 22.5 Å². The summed E-state index contributed by atoms with van der Waals surface area (Å²) in [5.41, 5.74) is 6.69. The number of carbonyl (C=O) groups is 1. The molecule has 0 aliphatic rings. The van der Waals surface area contributed by atoms with Crippen molar-refractivity contribution in [3.8, 4) is 11.3 Å². The van der Waals surface area contributed by atoms with Crippen LogP contribution in [0.15, 0.2) is 40.9 Å². The van der Waals surface area contributed by atoms with Crippen molar-refractivity contribution in [2.75, 3.05) is 5.32 Å². The number of aryl methyl sites for hydroxylation is 4. The maximum atomic E-state index is 12.5. The van der Waals surface area contributed by atoms with E-state index in [9.17, 15) is 4.79 Å². The molecule has 5 nitrogen and oxygen atoms in total. The summed E-state index contributed by atoms with van der Waals surface area (Å²) in [5.74, 6) is 0.237. The fourth-order valence-corrected chi connectivity index (χ4v) is 4.04. The molecule has 0 unspecified atom stereocenters. The van der Waals surface area contributed by atoms with Gasteiger partial charge >= 0.3 is 0 Å². The summed E-state index contributed by atoms with van der Waals surface area (Å²) in [4.78, 5) is 17.1. The smallest absolute Gasteiger partial charge is 0.279 e. The molecule has 0 saturated carbocycles. The van der Waals surface area contributed by atoms with Gasteiger partial charge in [-0.3, -0.25) is 10.1 Å². The first-order valence-corrected chi connectivity index (χ1v) is 9.46. The lowest BCUT2D eigenvalue weighted by atomic mass is 10.0. The molecular formula is C21H19N3O2S. The summed E-state index contributed by atoms with van der Waals surface area (Å²) >= 11 is 1.45. The lowest BCUT2D eigenvalue weighted by molar-refractivity contribution is 0.101. The Labute approximate surface area is 161 Å². The number of fused-ring (bicyclic) bond motifs is 1. The number of anilines is 1. The van der Waals surface area contributed by atoms with E-state index in [0.29, 0.717) is 10.9 Å². The van der Waals surface area contributed by atoms with Crippen molar-refractivity contribution in [2.24, 2.45) is 0 Å². The van der Waals surface area contributed by atoms with Gasteiger partial charge in [0.2, 0.25) is 0 Å². The number of nitrogens with zero attached hydrogens (tertiary/aromatic N) is 2. The number of amides is 1. The van der Waals surface area contributed by atoms with Crippen LogP contribution in [0.1, 0.15) is 32.7 Å². The normalized spacial score (nSPS) is 11.1. The first-order chi connectivity index (χ1) is 12.9. The van der Waals surface area contributed by atoms with E-state index in [2.05, 4.69) is 34.5 Å². The molecule has 4 aromatic rings. The van der Waals surface area contributed by atoms with Crippen molar-refractivity contribution in [3.05, 3.63) is 64.3 Å². The number of carbonyl (C=O) groups excluding carboxylic acids is 1. The Balaban J connectivity index is 1.58. The van der Waals surface area contributed by atoms with E-state index in [1.807, 2.05) is 39.0 Å². The molecule has 0 aliphatic heterocycles. The molecule has 0 fully saturated rings. The second-order valence-corrected chi connectivity index (χ2v) is 7.81. The summed E-state index contributed by atoms with van der Waals surface area (Å²) < 4.78 is 6.42. The fraction of sp³-hybridized carbons (Fsp3) is 0.190. The summed E-state index contributed by atoms with van der Waals surface area (Å²) in [6.07, 6.45) is 0. The monoisotopic (exact) mass is 377 g/mol. The quantitative estimate of drug-likeness (QED) is 0.516. The molecule has 2 aromatic carbocycles. The van der Waals surface area contributed by atoms with Crippen LogP contribution < -0.4 is 5.32 Å². The van der Waals surface area contributed by atoms with Crippen LogP contribution in [0.4, 0.5) is 5.13 Å². The molecular weight excluding hydrogens is 358 g/mol. The number of thiazole rings is 1. The second-order valence-electron chi connectivity index (χ2n) is 6.78. The van der Waals surface area contributed by atoms with Gasteiger partial charge in [-0.15, -0.1) is 0 Å². The minimum Gasteiger partial charge on any atom is -0.355 e. The molecule has 1 amide bonds. The third kappa shape index (κ3) is 3.36. The summed E-state index contributed by atoms with van der Waals surface area (Å²) in [7, 11) is 0. The largest absolute Gasteiger partial charge is 0.355 e. The third-order valence-corrected chi connectivity index (χ3v) is 5.50. The Morgan fingerprint density at radius 2 is 1.81 bits per heavy atom. The molecule has 2 aromatic heterocycles. The maximum absolute atomic E-state index is 12.5. The lowest BCUT2D eigenvalue weighted by Crippen LogP contribution is -2.11. The Kier molecular flexibility index (Phi) is 4.28. The summed E-state index contributed by atoms with van der Waals surface area (Å²) in [6.45, 7) is 8.17. The number of hydrogen-bond acceptors (Lipinski definition) is 5. The lowest BCUT2D eigenvalue weighted by Gasteiger charge is -2.01. The zero-order valence-corrected chi connectivity index (χ0v) is 16.4. The van der Waals surface area contributed by atoms with E-state index in [-0.39, 0.29) is 11.6 Å².